The van der Waals surface area contributed by atoms with Crippen LogP contribution in [0.3, 0.4) is 0 Å². The van der Waals surface area contributed by atoms with E-state index in [2.05, 4.69) is 39.5 Å². The summed E-state index contributed by atoms with van der Waals surface area (Å²) in [5, 5.41) is 3.97. The molecular formula is C13H17ClN4. The Bertz CT molecular complexity index is 516. The lowest BCUT2D eigenvalue weighted by Gasteiger charge is -2.13. The van der Waals surface area contributed by atoms with Crippen LogP contribution in [0.15, 0.2) is 30.5 Å². The molecule has 0 atom stereocenters. The average Bonchev–Trinajstić information content (AvgIpc) is 2.68. The first-order valence-electron chi connectivity index (χ1n) is 5.75. The highest BCUT2D eigenvalue weighted by Gasteiger charge is 2.03. The highest BCUT2D eigenvalue weighted by Crippen LogP contribution is 2.16. The molecule has 18 heavy (non-hydrogen) atoms. The summed E-state index contributed by atoms with van der Waals surface area (Å²) in [5.41, 5.74) is 2.25. The topological polar surface area (TPSA) is 33.1 Å². The fraction of sp³-hybridized carbons (Fsp3) is 0.308. The van der Waals surface area contributed by atoms with Gasteiger partial charge in [-0.15, -0.1) is 0 Å². The second-order valence-electron chi connectivity index (χ2n) is 4.35. The van der Waals surface area contributed by atoms with Gasteiger partial charge in [0.2, 0.25) is 0 Å². The summed E-state index contributed by atoms with van der Waals surface area (Å²) >= 11 is 5.93. The lowest BCUT2D eigenvalue weighted by atomic mass is 10.2. The summed E-state index contributed by atoms with van der Waals surface area (Å²) < 4.78 is 1.86. The lowest BCUT2D eigenvalue weighted by molar-refractivity contribution is 0.813. The first-order chi connectivity index (χ1) is 8.58. The number of benzene rings is 1. The summed E-state index contributed by atoms with van der Waals surface area (Å²) in [5.74, 6) is 0.914. The SMILES string of the molecule is CN(C)c1ccc(NCc2ncc(Cl)n2C)cc1. The summed E-state index contributed by atoms with van der Waals surface area (Å²) in [6.45, 7) is 0.657. The van der Waals surface area contributed by atoms with Gasteiger partial charge in [-0.25, -0.2) is 4.98 Å². The number of rotatable bonds is 4. The van der Waals surface area contributed by atoms with Crippen LogP contribution in [-0.4, -0.2) is 23.6 Å². The minimum Gasteiger partial charge on any atom is -0.378 e. The van der Waals surface area contributed by atoms with Crippen molar-refractivity contribution in [2.45, 2.75) is 6.54 Å². The van der Waals surface area contributed by atoms with Gasteiger partial charge in [0.05, 0.1) is 12.7 Å². The monoisotopic (exact) mass is 264 g/mol. The number of hydrogen-bond acceptors (Lipinski definition) is 3. The van der Waals surface area contributed by atoms with Crippen LogP contribution in [-0.2, 0) is 13.6 Å². The maximum atomic E-state index is 5.93. The van der Waals surface area contributed by atoms with Crippen molar-refractivity contribution in [1.82, 2.24) is 9.55 Å². The van der Waals surface area contributed by atoms with E-state index in [1.165, 1.54) is 5.69 Å². The Hall–Kier alpha value is -1.68. The predicted octanol–water partition coefficient (Wildman–Crippen LogP) is 2.75. The highest BCUT2D eigenvalue weighted by atomic mass is 35.5. The van der Waals surface area contributed by atoms with Crippen molar-refractivity contribution in [2.75, 3.05) is 24.3 Å². The molecule has 0 saturated carbocycles. The number of nitrogens with zero attached hydrogens (tertiary/aromatic N) is 3. The van der Waals surface area contributed by atoms with E-state index in [4.69, 9.17) is 11.6 Å². The number of imidazole rings is 1. The molecule has 1 aromatic carbocycles. The predicted molar refractivity (Wildman–Crippen MR) is 76.3 cm³/mol. The molecule has 0 unspecified atom stereocenters. The van der Waals surface area contributed by atoms with E-state index in [1.54, 1.807) is 6.20 Å². The zero-order valence-electron chi connectivity index (χ0n) is 10.8. The van der Waals surface area contributed by atoms with Crippen LogP contribution in [0.1, 0.15) is 5.82 Å². The van der Waals surface area contributed by atoms with E-state index in [1.807, 2.05) is 25.7 Å². The van der Waals surface area contributed by atoms with Gasteiger partial charge in [0.15, 0.2) is 0 Å². The van der Waals surface area contributed by atoms with Crippen molar-refractivity contribution in [3.05, 3.63) is 41.4 Å². The van der Waals surface area contributed by atoms with Gasteiger partial charge in [0, 0.05) is 32.5 Å². The quantitative estimate of drug-likeness (QED) is 0.922. The third kappa shape index (κ3) is 2.76. The van der Waals surface area contributed by atoms with Crippen LogP contribution >= 0.6 is 11.6 Å². The van der Waals surface area contributed by atoms with Gasteiger partial charge in [0.1, 0.15) is 11.0 Å². The molecule has 5 heteroatoms. The maximum Gasteiger partial charge on any atom is 0.128 e. The van der Waals surface area contributed by atoms with Crippen LogP contribution in [0.2, 0.25) is 5.15 Å². The van der Waals surface area contributed by atoms with Crippen molar-refractivity contribution in [3.63, 3.8) is 0 Å². The van der Waals surface area contributed by atoms with E-state index in [9.17, 15) is 0 Å². The molecule has 1 heterocycles. The van der Waals surface area contributed by atoms with Gasteiger partial charge in [-0.1, -0.05) is 11.6 Å². The van der Waals surface area contributed by atoms with E-state index in [0.717, 1.165) is 11.5 Å². The average molecular weight is 265 g/mol. The molecule has 0 saturated heterocycles. The Morgan fingerprint density at radius 2 is 1.94 bits per heavy atom. The Morgan fingerprint density at radius 3 is 2.44 bits per heavy atom. The molecule has 1 N–H and O–H groups in total. The van der Waals surface area contributed by atoms with Crippen LogP contribution in [0.25, 0.3) is 0 Å². The highest BCUT2D eigenvalue weighted by molar-refractivity contribution is 6.29. The van der Waals surface area contributed by atoms with Gasteiger partial charge in [-0.05, 0) is 24.3 Å². The normalized spacial score (nSPS) is 10.4. The van der Waals surface area contributed by atoms with E-state index in [-0.39, 0.29) is 0 Å². The van der Waals surface area contributed by atoms with Gasteiger partial charge in [-0.2, -0.15) is 0 Å². The number of aromatic nitrogens is 2. The third-order valence-electron chi connectivity index (χ3n) is 2.86. The van der Waals surface area contributed by atoms with Gasteiger partial charge >= 0.3 is 0 Å². The lowest BCUT2D eigenvalue weighted by Crippen LogP contribution is -2.09. The van der Waals surface area contributed by atoms with Crippen molar-refractivity contribution < 1.29 is 0 Å². The second-order valence-corrected chi connectivity index (χ2v) is 4.74. The molecule has 2 rings (SSSR count). The zero-order valence-corrected chi connectivity index (χ0v) is 11.6. The van der Waals surface area contributed by atoms with Crippen LogP contribution in [0.5, 0.6) is 0 Å². The molecule has 4 nitrogen and oxygen atoms in total. The second kappa shape index (κ2) is 5.31. The van der Waals surface area contributed by atoms with Crippen LogP contribution < -0.4 is 10.2 Å². The molecule has 0 fully saturated rings. The van der Waals surface area contributed by atoms with Crippen LogP contribution in [0.4, 0.5) is 11.4 Å². The molecule has 1 aromatic heterocycles. The van der Waals surface area contributed by atoms with Crippen molar-refractivity contribution in [3.8, 4) is 0 Å². The Kier molecular flexibility index (Phi) is 3.77. The summed E-state index contributed by atoms with van der Waals surface area (Å²) in [4.78, 5) is 6.31. The summed E-state index contributed by atoms with van der Waals surface area (Å²) in [7, 11) is 5.96. The molecule has 0 aliphatic carbocycles. The molecule has 0 amide bonds. The Labute approximate surface area is 112 Å². The largest absolute Gasteiger partial charge is 0.378 e. The fourth-order valence-electron chi connectivity index (χ4n) is 1.65. The summed E-state index contributed by atoms with van der Waals surface area (Å²) in [6, 6.07) is 8.27. The van der Waals surface area contributed by atoms with Gasteiger partial charge in [0.25, 0.3) is 0 Å². The number of halogens is 1. The number of nitrogens with one attached hydrogen (secondary N) is 1. The molecule has 96 valence electrons. The minimum atomic E-state index is 0.648. The zero-order chi connectivity index (χ0) is 13.1. The molecule has 0 aliphatic heterocycles. The number of hydrogen-bond donors (Lipinski definition) is 1. The molecule has 0 spiro atoms. The number of anilines is 2. The first kappa shape index (κ1) is 12.8. The minimum absolute atomic E-state index is 0.648. The van der Waals surface area contributed by atoms with Gasteiger partial charge < -0.3 is 14.8 Å². The molecular weight excluding hydrogens is 248 g/mol. The Balaban J connectivity index is 2.00. The van der Waals surface area contributed by atoms with Crippen molar-refractivity contribution in [1.29, 1.82) is 0 Å². The van der Waals surface area contributed by atoms with E-state index >= 15 is 0 Å². The molecule has 0 bridgehead atoms. The van der Waals surface area contributed by atoms with Crippen molar-refractivity contribution in [2.24, 2.45) is 7.05 Å². The maximum absolute atomic E-state index is 5.93. The molecule has 0 aliphatic rings. The Morgan fingerprint density at radius 1 is 1.28 bits per heavy atom. The molecule has 2 aromatic rings. The van der Waals surface area contributed by atoms with Gasteiger partial charge in [-0.3, -0.25) is 0 Å². The molecule has 0 radical (unpaired) electrons. The van der Waals surface area contributed by atoms with E-state index in [0.29, 0.717) is 11.7 Å². The smallest absolute Gasteiger partial charge is 0.128 e. The van der Waals surface area contributed by atoms with E-state index < -0.39 is 0 Å². The first-order valence-corrected chi connectivity index (χ1v) is 6.13. The third-order valence-corrected chi connectivity index (χ3v) is 3.21. The fourth-order valence-corrected chi connectivity index (χ4v) is 1.79. The standard InChI is InChI=1S/C13H17ClN4/c1-17(2)11-6-4-10(5-7-11)15-9-13-16-8-12(14)18(13)3/h4-8,15H,9H2,1-3H3. The van der Waals surface area contributed by atoms with Crippen molar-refractivity contribution >= 4 is 23.0 Å². The summed E-state index contributed by atoms with van der Waals surface area (Å²) in [6.07, 6.45) is 1.66. The van der Waals surface area contributed by atoms with Crippen LogP contribution in [0, 0.1) is 0 Å².